The minimum absolute atomic E-state index is 0. The van der Waals surface area contributed by atoms with Gasteiger partial charge in [0.1, 0.15) is 4.88 Å². The Bertz CT molecular complexity index is 539. The number of hydrogen-bond donors (Lipinski definition) is 2. The quantitative estimate of drug-likeness (QED) is 0.903. The molecule has 1 amide bonds. The molecule has 8 heteroatoms. The first kappa shape index (κ1) is 17.0. The van der Waals surface area contributed by atoms with Gasteiger partial charge in [-0.05, 0) is 25.1 Å². The van der Waals surface area contributed by atoms with Gasteiger partial charge in [0, 0.05) is 12.6 Å². The van der Waals surface area contributed by atoms with Gasteiger partial charge < -0.3 is 15.1 Å². The summed E-state index contributed by atoms with van der Waals surface area (Å²) in [4.78, 5) is 16.8. The third-order valence-electron chi connectivity index (χ3n) is 2.86. The molecule has 0 bridgehead atoms. The Morgan fingerprint density at radius 2 is 2.35 bits per heavy atom. The maximum Gasteiger partial charge on any atom is 0.263 e. The van der Waals surface area contributed by atoms with Gasteiger partial charge in [0.25, 0.3) is 5.91 Å². The number of aromatic nitrogens is 1. The highest BCUT2D eigenvalue weighted by Gasteiger charge is 2.19. The smallest absolute Gasteiger partial charge is 0.263 e. The number of nitrogens with one attached hydrogen (secondary N) is 2. The first-order valence-corrected chi connectivity index (χ1v) is 6.66. The summed E-state index contributed by atoms with van der Waals surface area (Å²) in [5, 5.41) is 6.94. The Kier molecular flexibility index (Phi) is 6.48. The van der Waals surface area contributed by atoms with Gasteiger partial charge in [-0.2, -0.15) is 0 Å². The molecule has 2 N–H and O–H groups in total. The van der Waals surface area contributed by atoms with Crippen LogP contribution in [0.5, 0.6) is 0 Å². The molecule has 0 aliphatic carbocycles. The van der Waals surface area contributed by atoms with Crippen molar-refractivity contribution in [3.8, 4) is 10.8 Å². The molecule has 0 saturated carbocycles. The maximum atomic E-state index is 12.0. The number of thiazole rings is 1. The van der Waals surface area contributed by atoms with Crippen molar-refractivity contribution in [2.24, 2.45) is 0 Å². The van der Waals surface area contributed by atoms with Crippen molar-refractivity contribution in [2.75, 3.05) is 13.1 Å². The summed E-state index contributed by atoms with van der Waals surface area (Å²) >= 11 is 1.34. The van der Waals surface area contributed by atoms with Crippen LogP contribution in [0.3, 0.4) is 0 Å². The molecule has 0 aromatic carbocycles. The van der Waals surface area contributed by atoms with Crippen LogP contribution < -0.4 is 10.6 Å². The Hall–Kier alpha value is -1.08. The molecule has 1 aliphatic heterocycles. The van der Waals surface area contributed by atoms with Gasteiger partial charge in [-0.1, -0.05) is 0 Å². The zero-order chi connectivity index (χ0) is 12.4. The normalized spacial score (nSPS) is 17.1. The average molecular weight is 336 g/mol. The Morgan fingerprint density at radius 1 is 1.50 bits per heavy atom. The summed E-state index contributed by atoms with van der Waals surface area (Å²) in [6.45, 7) is 1.81. The first-order valence-electron chi connectivity index (χ1n) is 5.84. The second-order valence-corrected chi connectivity index (χ2v) is 5.20. The van der Waals surface area contributed by atoms with E-state index in [2.05, 4.69) is 15.6 Å². The third-order valence-corrected chi connectivity index (χ3v) is 3.87. The van der Waals surface area contributed by atoms with Crippen molar-refractivity contribution in [1.29, 1.82) is 0 Å². The van der Waals surface area contributed by atoms with E-state index < -0.39 is 0 Å². The second kappa shape index (κ2) is 7.64. The number of amides is 1. The lowest BCUT2D eigenvalue weighted by Crippen LogP contribution is -2.35. The highest BCUT2D eigenvalue weighted by Crippen LogP contribution is 2.25. The minimum atomic E-state index is -0.0565. The molecule has 1 saturated heterocycles. The summed E-state index contributed by atoms with van der Waals surface area (Å²) in [6, 6.07) is 3.87. The lowest BCUT2D eigenvalue weighted by atomic mass is 10.2. The Labute approximate surface area is 133 Å². The van der Waals surface area contributed by atoms with Crippen LogP contribution in [-0.2, 0) is 0 Å². The van der Waals surface area contributed by atoms with Crippen molar-refractivity contribution in [3.05, 3.63) is 29.5 Å². The predicted molar refractivity (Wildman–Crippen MR) is 83.1 cm³/mol. The van der Waals surface area contributed by atoms with Gasteiger partial charge >= 0.3 is 0 Å². The van der Waals surface area contributed by atoms with E-state index in [4.69, 9.17) is 4.42 Å². The zero-order valence-corrected chi connectivity index (χ0v) is 12.9. The molecule has 0 radical (unpaired) electrons. The summed E-state index contributed by atoms with van der Waals surface area (Å²) in [6.07, 6.45) is 4.18. The van der Waals surface area contributed by atoms with Gasteiger partial charge in [-0.25, -0.2) is 4.98 Å². The van der Waals surface area contributed by atoms with Crippen LogP contribution in [0, 0.1) is 0 Å². The van der Waals surface area contributed by atoms with Crippen molar-refractivity contribution in [1.82, 2.24) is 15.6 Å². The lowest BCUT2D eigenvalue weighted by Gasteiger charge is -2.09. The summed E-state index contributed by atoms with van der Waals surface area (Å²) in [7, 11) is 0. The Balaban J connectivity index is 0.000001000. The van der Waals surface area contributed by atoms with Crippen LogP contribution in [0.15, 0.2) is 29.0 Å². The number of halogens is 2. The van der Waals surface area contributed by atoms with E-state index >= 15 is 0 Å². The predicted octanol–water partition coefficient (Wildman–Crippen LogP) is 2.34. The van der Waals surface area contributed by atoms with E-state index in [1.165, 1.54) is 11.3 Å². The summed E-state index contributed by atoms with van der Waals surface area (Å²) in [5.41, 5.74) is 0. The molecule has 110 valence electrons. The summed E-state index contributed by atoms with van der Waals surface area (Å²) < 4.78 is 5.25. The molecule has 1 aliphatic rings. The number of carbonyl (C=O) groups excluding carboxylic acids is 1. The maximum absolute atomic E-state index is 12.0. The molecular weight excluding hydrogens is 321 g/mol. The van der Waals surface area contributed by atoms with E-state index in [0.717, 1.165) is 24.5 Å². The molecular formula is C12H15Cl2N3O2S. The number of furan rings is 1. The molecule has 3 heterocycles. The largest absolute Gasteiger partial charge is 0.462 e. The zero-order valence-electron chi connectivity index (χ0n) is 10.5. The van der Waals surface area contributed by atoms with E-state index in [9.17, 15) is 4.79 Å². The van der Waals surface area contributed by atoms with Crippen LogP contribution >= 0.6 is 36.2 Å². The standard InChI is InChI=1S/C12H13N3O2S.2ClH/c16-11(15-8-3-4-13-6-8)10-7-14-12(18-10)9-2-1-5-17-9;;/h1-2,5,7-8,13H,3-4,6H2,(H,15,16);2*1H. The van der Waals surface area contributed by atoms with Crippen molar-refractivity contribution in [2.45, 2.75) is 12.5 Å². The molecule has 3 rings (SSSR count). The fourth-order valence-electron chi connectivity index (χ4n) is 1.93. The van der Waals surface area contributed by atoms with Crippen molar-refractivity contribution < 1.29 is 9.21 Å². The van der Waals surface area contributed by atoms with Gasteiger partial charge in [0.2, 0.25) is 0 Å². The number of nitrogens with zero attached hydrogens (tertiary/aromatic N) is 1. The second-order valence-electron chi connectivity index (χ2n) is 4.17. The monoisotopic (exact) mass is 335 g/mol. The first-order chi connectivity index (χ1) is 8.83. The van der Waals surface area contributed by atoms with Crippen LogP contribution in [0.4, 0.5) is 0 Å². The number of carbonyl (C=O) groups is 1. The average Bonchev–Trinajstić information content (AvgIpc) is 3.11. The van der Waals surface area contributed by atoms with Gasteiger partial charge in [0.15, 0.2) is 10.8 Å². The highest BCUT2D eigenvalue weighted by molar-refractivity contribution is 7.16. The van der Waals surface area contributed by atoms with Crippen LogP contribution in [0.1, 0.15) is 16.1 Å². The van der Waals surface area contributed by atoms with Crippen LogP contribution in [0.25, 0.3) is 10.8 Å². The van der Waals surface area contributed by atoms with Crippen LogP contribution in [-0.4, -0.2) is 30.0 Å². The van der Waals surface area contributed by atoms with E-state index in [-0.39, 0.29) is 36.8 Å². The van der Waals surface area contributed by atoms with Gasteiger partial charge in [-0.15, -0.1) is 36.2 Å². The molecule has 1 fully saturated rings. The molecule has 2 aromatic rings. The van der Waals surface area contributed by atoms with E-state index in [1.54, 1.807) is 18.5 Å². The van der Waals surface area contributed by atoms with Gasteiger partial charge in [-0.3, -0.25) is 4.79 Å². The lowest BCUT2D eigenvalue weighted by molar-refractivity contribution is 0.0944. The number of hydrogen-bond acceptors (Lipinski definition) is 5. The molecule has 20 heavy (non-hydrogen) atoms. The molecule has 1 atom stereocenters. The Morgan fingerprint density at radius 3 is 3.00 bits per heavy atom. The molecule has 1 unspecified atom stereocenters. The van der Waals surface area contributed by atoms with Gasteiger partial charge in [0.05, 0.1) is 12.5 Å². The van der Waals surface area contributed by atoms with E-state index in [1.807, 2.05) is 6.07 Å². The van der Waals surface area contributed by atoms with Crippen LogP contribution in [0.2, 0.25) is 0 Å². The van der Waals surface area contributed by atoms with E-state index in [0.29, 0.717) is 10.6 Å². The van der Waals surface area contributed by atoms with Crippen molar-refractivity contribution >= 4 is 42.1 Å². The SMILES string of the molecule is Cl.Cl.O=C(NC1CCNC1)c1cnc(-c2ccco2)s1. The fourth-order valence-corrected chi connectivity index (χ4v) is 2.72. The third kappa shape index (κ3) is 3.73. The molecule has 2 aromatic heterocycles. The summed E-state index contributed by atoms with van der Waals surface area (Å²) in [5.74, 6) is 0.639. The highest BCUT2D eigenvalue weighted by atomic mass is 35.5. The topological polar surface area (TPSA) is 67.2 Å². The fraction of sp³-hybridized carbons (Fsp3) is 0.333. The minimum Gasteiger partial charge on any atom is -0.462 e. The molecule has 0 spiro atoms. The van der Waals surface area contributed by atoms with Crippen molar-refractivity contribution in [3.63, 3.8) is 0 Å². The molecule has 5 nitrogen and oxygen atoms in total. The number of rotatable bonds is 3.